The van der Waals surface area contributed by atoms with Crippen molar-refractivity contribution < 1.29 is 14.3 Å². The molecule has 2 aromatic heterocycles. The predicted octanol–water partition coefficient (Wildman–Crippen LogP) is 3.87. The van der Waals surface area contributed by atoms with Gasteiger partial charge in [0.15, 0.2) is 0 Å². The molecule has 1 unspecified atom stereocenters. The number of amides is 2. The molecule has 0 aliphatic carbocycles. The van der Waals surface area contributed by atoms with Gasteiger partial charge in [-0.1, -0.05) is 30.8 Å². The Bertz CT molecular complexity index is 1340. The second-order valence-corrected chi connectivity index (χ2v) is 12.9. The van der Waals surface area contributed by atoms with Gasteiger partial charge >= 0.3 is 6.09 Å². The number of benzene rings is 1. The Labute approximate surface area is 257 Å². The quantitative estimate of drug-likeness (QED) is 0.364. The molecule has 3 aromatic rings. The molecule has 0 bridgehead atoms. The molecule has 13 heteroatoms. The Balaban J connectivity index is 1.05. The first-order valence-corrected chi connectivity index (χ1v) is 15.8. The van der Waals surface area contributed by atoms with Crippen LogP contribution >= 0.6 is 11.8 Å². The minimum Gasteiger partial charge on any atom is -0.391 e. The molecule has 12 nitrogen and oxygen atoms in total. The number of nitrogens with zero attached hydrogens (tertiary/aromatic N) is 8. The van der Waals surface area contributed by atoms with Crippen LogP contribution in [-0.4, -0.2) is 104 Å². The molecule has 1 atom stereocenters. The molecule has 1 N–H and O–H groups in total. The van der Waals surface area contributed by atoms with Crippen LogP contribution in [0.3, 0.4) is 0 Å². The van der Waals surface area contributed by atoms with Gasteiger partial charge in [-0.05, 0) is 86.4 Å². The van der Waals surface area contributed by atoms with Crippen LogP contribution in [0.2, 0.25) is 0 Å². The van der Waals surface area contributed by atoms with E-state index in [9.17, 15) is 9.59 Å². The highest BCUT2D eigenvalue weighted by molar-refractivity contribution is 7.99. The van der Waals surface area contributed by atoms with Crippen LogP contribution in [0.1, 0.15) is 48.5 Å². The number of aromatic nitrogens is 5. The summed E-state index contributed by atoms with van der Waals surface area (Å²) in [7, 11) is 4.04. The molecule has 43 heavy (non-hydrogen) atoms. The van der Waals surface area contributed by atoms with E-state index >= 15 is 0 Å². The minimum atomic E-state index is -0.428. The van der Waals surface area contributed by atoms with Gasteiger partial charge in [0.2, 0.25) is 11.0 Å². The first-order chi connectivity index (χ1) is 20.8. The number of hydrogen-bond acceptors (Lipinski definition) is 10. The van der Waals surface area contributed by atoms with E-state index < -0.39 is 6.09 Å². The first kappa shape index (κ1) is 30.9. The summed E-state index contributed by atoms with van der Waals surface area (Å²) in [6, 6.07) is 11.0. The Morgan fingerprint density at radius 3 is 2.56 bits per heavy atom. The lowest BCUT2D eigenvalue weighted by Gasteiger charge is -2.30. The number of rotatable bonds is 10. The van der Waals surface area contributed by atoms with E-state index in [4.69, 9.17) is 4.74 Å². The van der Waals surface area contributed by atoms with Crippen molar-refractivity contribution in [2.75, 3.05) is 52.1 Å². The highest BCUT2D eigenvalue weighted by atomic mass is 32.2. The van der Waals surface area contributed by atoms with Crippen molar-refractivity contribution in [3.63, 3.8) is 0 Å². The van der Waals surface area contributed by atoms with E-state index in [2.05, 4.69) is 42.5 Å². The number of ether oxygens (including phenoxy) is 1. The molecule has 0 saturated carbocycles. The zero-order valence-corrected chi connectivity index (χ0v) is 26.0. The lowest BCUT2D eigenvalue weighted by molar-refractivity contribution is 0.102. The molecule has 0 spiro atoms. The van der Waals surface area contributed by atoms with Crippen molar-refractivity contribution in [3.05, 3.63) is 53.7 Å². The molecule has 2 fully saturated rings. The van der Waals surface area contributed by atoms with Crippen LogP contribution in [0.4, 0.5) is 10.5 Å². The number of thioether (sulfide) groups is 1. The molecule has 2 amide bonds. The number of pyridine rings is 1. The van der Waals surface area contributed by atoms with E-state index in [1.807, 2.05) is 43.0 Å². The van der Waals surface area contributed by atoms with Gasteiger partial charge in [-0.2, -0.15) is 0 Å². The highest BCUT2D eigenvalue weighted by Gasteiger charge is 2.26. The van der Waals surface area contributed by atoms with E-state index in [0.29, 0.717) is 29.6 Å². The number of nitrogens with one attached hydrogen (secondary N) is 1. The van der Waals surface area contributed by atoms with Crippen molar-refractivity contribution in [1.82, 2.24) is 39.9 Å². The lowest BCUT2D eigenvalue weighted by atomic mass is 9.99. The largest absolute Gasteiger partial charge is 0.416 e. The molecule has 1 aromatic carbocycles. The smallest absolute Gasteiger partial charge is 0.391 e. The summed E-state index contributed by atoms with van der Waals surface area (Å²) >= 11 is 1.66. The zero-order chi connectivity index (χ0) is 30.2. The van der Waals surface area contributed by atoms with Crippen molar-refractivity contribution in [2.24, 2.45) is 5.92 Å². The van der Waals surface area contributed by atoms with Crippen molar-refractivity contribution >= 4 is 29.4 Å². The summed E-state index contributed by atoms with van der Waals surface area (Å²) in [5.41, 5.74) is 2.32. The summed E-state index contributed by atoms with van der Waals surface area (Å²) in [6.45, 7) is 8.22. The van der Waals surface area contributed by atoms with Crippen molar-refractivity contribution in [1.29, 1.82) is 0 Å². The summed E-state index contributed by atoms with van der Waals surface area (Å²) in [4.78, 5) is 36.0. The number of anilines is 1. The number of likely N-dealkylation sites (N-methyl/N-ethyl adjacent to an activating group) is 1. The number of tetrazole rings is 1. The minimum absolute atomic E-state index is 0.191. The second kappa shape index (κ2) is 14.8. The van der Waals surface area contributed by atoms with Crippen molar-refractivity contribution in [2.45, 2.75) is 56.1 Å². The highest BCUT2D eigenvalue weighted by Crippen LogP contribution is 2.29. The fourth-order valence-electron chi connectivity index (χ4n) is 5.34. The normalized spacial score (nSPS) is 18.1. The van der Waals surface area contributed by atoms with Gasteiger partial charge < -0.3 is 19.9 Å². The topological polar surface area (TPSA) is 122 Å². The summed E-state index contributed by atoms with van der Waals surface area (Å²) in [5.74, 6) is 0.717. The maximum atomic E-state index is 12.8. The number of hydrogen-bond donors (Lipinski definition) is 1. The van der Waals surface area contributed by atoms with Crippen LogP contribution in [-0.2, 0) is 13.1 Å². The number of carbonyl (C=O) groups is 2. The second-order valence-electron chi connectivity index (χ2n) is 11.7. The molecule has 2 saturated heterocycles. The maximum Gasteiger partial charge on any atom is 0.416 e. The third-order valence-electron chi connectivity index (χ3n) is 7.78. The third kappa shape index (κ3) is 8.97. The molecule has 230 valence electrons. The Hall–Kier alpha value is -3.55. The first-order valence-electron chi connectivity index (χ1n) is 15.0. The average molecular weight is 608 g/mol. The molecule has 0 radical (unpaired) electrons. The van der Waals surface area contributed by atoms with Crippen LogP contribution in [0.15, 0.2) is 47.8 Å². The maximum absolute atomic E-state index is 12.8. The van der Waals surface area contributed by atoms with Gasteiger partial charge in [-0.25, -0.2) is 14.5 Å². The standard InChI is InChI=1S/C30H41N9O3S/c1-22-5-4-14-37(20-22)21-23-6-8-24(9-7-23)28(40)32-25-10-11-27(31-19-25)42-30(41)38-15-12-26(13-16-38)43-29-33-34-35-39(29)18-17-36(2)3/h6-11,19,22,26H,4-5,12-18,20-21H2,1-3H3,(H,32,40). The Morgan fingerprint density at radius 2 is 1.86 bits per heavy atom. The lowest BCUT2D eigenvalue weighted by Crippen LogP contribution is -2.41. The van der Waals surface area contributed by atoms with Gasteiger partial charge in [-0.15, -0.1) is 5.10 Å². The molecule has 4 heterocycles. The van der Waals surface area contributed by atoms with Crippen LogP contribution in [0.25, 0.3) is 0 Å². The van der Waals surface area contributed by atoms with Gasteiger partial charge in [0.1, 0.15) is 0 Å². The molecular formula is C30H41N9O3S. The van der Waals surface area contributed by atoms with Crippen LogP contribution in [0.5, 0.6) is 5.88 Å². The van der Waals surface area contributed by atoms with Gasteiger partial charge in [0.25, 0.3) is 5.91 Å². The van der Waals surface area contributed by atoms with Gasteiger partial charge in [0, 0.05) is 49.6 Å². The Kier molecular flexibility index (Phi) is 10.6. The summed E-state index contributed by atoms with van der Waals surface area (Å²) < 4.78 is 7.34. The van der Waals surface area contributed by atoms with Gasteiger partial charge in [0.05, 0.1) is 18.4 Å². The fourth-order valence-corrected chi connectivity index (χ4v) is 6.42. The average Bonchev–Trinajstić information content (AvgIpc) is 3.44. The monoisotopic (exact) mass is 607 g/mol. The molecule has 2 aliphatic heterocycles. The molecular weight excluding hydrogens is 566 g/mol. The fraction of sp³-hybridized carbons (Fsp3) is 0.533. The SMILES string of the molecule is CC1CCCN(Cc2ccc(C(=O)Nc3ccc(OC(=O)N4CCC(Sc5nnnn5CCN(C)C)CC4)nc3)cc2)C1. The van der Waals surface area contributed by atoms with E-state index in [1.54, 1.807) is 28.8 Å². The van der Waals surface area contributed by atoms with Crippen molar-refractivity contribution in [3.8, 4) is 5.88 Å². The van der Waals surface area contributed by atoms with Crippen LogP contribution in [0, 0.1) is 5.92 Å². The van der Waals surface area contributed by atoms with Crippen LogP contribution < -0.4 is 10.1 Å². The third-order valence-corrected chi connectivity index (χ3v) is 9.09. The zero-order valence-electron chi connectivity index (χ0n) is 25.2. The molecule has 5 rings (SSSR count). The van der Waals surface area contributed by atoms with Gasteiger partial charge in [-0.3, -0.25) is 9.69 Å². The number of piperidine rings is 2. The Morgan fingerprint density at radius 1 is 1.07 bits per heavy atom. The van der Waals surface area contributed by atoms with E-state index in [0.717, 1.165) is 56.6 Å². The molecule has 2 aliphatic rings. The number of likely N-dealkylation sites (tertiary alicyclic amines) is 2. The number of carbonyl (C=O) groups excluding carboxylic acids is 2. The van der Waals surface area contributed by atoms with E-state index in [-0.39, 0.29) is 11.8 Å². The summed E-state index contributed by atoms with van der Waals surface area (Å²) in [6.07, 6.45) is 5.25. The predicted molar refractivity (Wildman–Crippen MR) is 165 cm³/mol. The summed E-state index contributed by atoms with van der Waals surface area (Å²) in [5, 5.41) is 16.1. The van der Waals surface area contributed by atoms with E-state index in [1.165, 1.54) is 24.6 Å².